The monoisotopic (exact) mass is 250 g/mol. The number of aliphatic hydroxyl groups is 1. The molecule has 18 heavy (non-hydrogen) atoms. The van der Waals surface area contributed by atoms with E-state index in [0.717, 1.165) is 18.5 Å². The van der Waals surface area contributed by atoms with Crippen molar-refractivity contribution in [2.45, 2.75) is 51.7 Å². The standard InChI is InChI=1S/C15H26N2O/c1-6-12-8-9-13(16-11-12)10-14(18)15(3,7-2)17(4)5/h8-9,11,14,18H,6-7,10H2,1-5H3. The lowest BCUT2D eigenvalue weighted by molar-refractivity contribution is 0.00247. The number of aryl methyl sites for hydroxylation is 1. The molecule has 0 aliphatic rings. The lowest BCUT2D eigenvalue weighted by Gasteiger charge is -2.39. The van der Waals surface area contributed by atoms with Crippen LogP contribution in [0.25, 0.3) is 0 Å². The van der Waals surface area contributed by atoms with Gasteiger partial charge in [0.1, 0.15) is 0 Å². The van der Waals surface area contributed by atoms with Crippen molar-refractivity contribution in [1.82, 2.24) is 9.88 Å². The summed E-state index contributed by atoms with van der Waals surface area (Å²) in [5.41, 5.74) is 1.99. The summed E-state index contributed by atoms with van der Waals surface area (Å²) < 4.78 is 0. The molecule has 2 unspecified atom stereocenters. The van der Waals surface area contributed by atoms with Gasteiger partial charge < -0.3 is 10.0 Å². The molecule has 0 radical (unpaired) electrons. The summed E-state index contributed by atoms with van der Waals surface area (Å²) >= 11 is 0. The molecule has 0 aromatic carbocycles. The Morgan fingerprint density at radius 2 is 2.00 bits per heavy atom. The normalized spacial score (nSPS) is 16.6. The number of likely N-dealkylation sites (N-methyl/N-ethyl adjacent to an activating group) is 1. The molecular formula is C15H26N2O. The average molecular weight is 250 g/mol. The number of rotatable bonds is 6. The van der Waals surface area contributed by atoms with Crippen LogP contribution in [0.4, 0.5) is 0 Å². The van der Waals surface area contributed by atoms with Crippen LogP contribution in [0.15, 0.2) is 18.3 Å². The number of hydrogen-bond acceptors (Lipinski definition) is 3. The highest BCUT2D eigenvalue weighted by atomic mass is 16.3. The number of aliphatic hydroxyl groups excluding tert-OH is 1. The van der Waals surface area contributed by atoms with Crippen molar-refractivity contribution in [2.24, 2.45) is 0 Å². The molecule has 0 spiro atoms. The first-order chi connectivity index (χ1) is 8.43. The van der Waals surface area contributed by atoms with Gasteiger partial charge in [0.05, 0.1) is 6.10 Å². The zero-order valence-corrected chi connectivity index (χ0v) is 12.3. The van der Waals surface area contributed by atoms with Crippen LogP contribution in [-0.4, -0.2) is 40.7 Å². The van der Waals surface area contributed by atoms with E-state index in [1.165, 1.54) is 5.56 Å². The van der Waals surface area contributed by atoms with Crippen molar-refractivity contribution >= 4 is 0 Å². The smallest absolute Gasteiger partial charge is 0.0776 e. The van der Waals surface area contributed by atoms with Gasteiger partial charge in [-0.1, -0.05) is 19.9 Å². The van der Waals surface area contributed by atoms with E-state index in [1.54, 1.807) is 0 Å². The van der Waals surface area contributed by atoms with Gasteiger partial charge in [-0.25, -0.2) is 0 Å². The van der Waals surface area contributed by atoms with Crippen molar-refractivity contribution in [3.05, 3.63) is 29.6 Å². The van der Waals surface area contributed by atoms with Gasteiger partial charge in [0, 0.05) is 23.9 Å². The molecule has 1 rings (SSSR count). The first-order valence-corrected chi connectivity index (χ1v) is 6.73. The van der Waals surface area contributed by atoms with Gasteiger partial charge in [-0.15, -0.1) is 0 Å². The molecule has 1 aromatic rings. The van der Waals surface area contributed by atoms with Gasteiger partial charge in [-0.05, 0) is 45.5 Å². The van der Waals surface area contributed by atoms with E-state index in [-0.39, 0.29) is 5.54 Å². The summed E-state index contributed by atoms with van der Waals surface area (Å²) in [6.07, 6.45) is 4.01. The number of pyridine rings is 1. The van der Waals surface area contributed by atoms with Crippen LogP contribution in [0, 0.1) is 0 Å². The molecule has 1 N–H and O–H groups in total. The van der Waals surface area contributed by atoms with E-state index < -0.39 is 6.10 Å². The zero-order chi connectivity index (χ0) is 13.8. The average Bonchev–Trinajstić information content (AvgIpc) is 2.38. The van der Waals surface area contributed by atoms with E-state index in [4.69, 9.17) is 0 Å². The van der Waals surface area contributed by atoms with Gasteiger partial charge in [-0.2, -0.15) is 0 Å². The molecule has 2 atom stereocenters. The minimum atomic E-state index is -0.405. The van der Waals surface area contributed by atoms with Crippen molar-refractivity contribution < 1.29 is 5.11 Å². The van der Waals surface area contributed by atoms with Crippen LogP contribution < -0.4 is 0 Å². The molecular weight excluding hydrogens is 224 g/mol. The second kappa shape index (κ2) is 6.30. The maximum atomic E-state index is 10.4. The molecule has 0 saturated heterocycles. The van der Waals surface area contributed by atoms with Crippen LogP contribution in [0.5, 0.6) is 0 Å². The third kappa shape index (κ3) is 3.30. The molecule has 0 saturated carbocycles. The molecule has 1 heterocycles. The van der Waals surface area contributed by atoms with Crippen molar-refractivity contribution in [3.8, 4) is 0 Å². The molecule has 0 aliphatic heterocycles. The van der Waals surface area contributed by atoms with E-state index in [2.05, 4.69) is 36.7 Å². The Kier molecular flexibility index (Phi) is 5.29. The Balaban J connectivity index is 2.76. The highest BCUT2D eigenvalue weighted by Gasteiger charge is 2.33. The molecule has 0 fully saturated rings. The van der Waals surface area contributed by atoms with Gasteiger partial charge >= 0.3 is 0 Å². The second-order valence-corrected chi connectivity index (χ2v) is 5.34. The minimum absolute atomic E-state index is 0.203. The van der Waals surface area contributed by atoms with Crippen LogP contribution in [0.3, 0.4) is 0 Å². The first-order valence-electron chi connectivity index (χ1n) is 6.73. The first kappa shape index (κ1) is 15.1. The molecule has 3 nitrogen and oxygen atoms in total. The largest absolute Gasteiger partial charge is 0.391 e. The second-order valence-electron chi connectivity index (χ2n) is 5.34. The highest BCUT2D eigenvalue weighted by Crippen LogP contribution is 2.23. The van der Waals surface area contributed by atoms with Crippen LogP contribution >= 0.6 is 0 Å². The van der Waals surface area contributed by atoms with Gasteiger partial charge in [0.2, 0.25) is 0 Å². The Hall–Kier alpha value is -0.930. The maximum Gasteiger partial charge on any atom is 0.0776 e. The van der Waals surface area contributed by atoms with Crippen molar-refractivity contribution in [1.29, 1.82) is 0 Å². The van der Waals surface area contributed by atoms with Crippen LogP contribution in [0.1, 0.15) is 38.4 Å². The predicted molar refractivity (Wildman–Crippen MR) is 75.7 cm³/mol. The van der Waals surface area contributed by atoms with Gasteiger partial charge in [-0.3, -0.25) is 4.98 Å². The fourth-order valence-corrected chi connectivity index (χ4v) is 2.05. The summed E-state index contributed by atoms with van der Waals surface area (Å²) in [6.45, 7) is 6.32. The van der Waals surface area contributed by atoms with Crippen molar-refractivity contribution in [2.75, 3.05) is 14.1 Å². The van der Waals surface area contributed by atoms with Crippen LogP contribution in [-0.2, 0) is 12.8 Å². The van der Waals surface area contributed by atoms with Crippen molar-refractivity contribution in [3.63, 3.8) is 0 Å². The lowest BCUT2D eigenvalue weighted by atomic mass is 9.87. The molecule has 3 heteroatoms. The molecule has 1 aromatic heterocycles. The molecule has 0 bridgehead atoms. The third-order valence-electron chi connectivity index (χ3n) is 4.15. The summed E-state index contributed by atoms with van der Waals surface area (Å²) in [6, 6.07) is 4.11. The Bertz CT molecular complexity index is 361. The van der Waals surface area contributed by atoms with E-state index in [0.29, 0.717) is 6.42 Å². The zero-order valence-electron chi connectivity index (χ0n) is 12.3. The highest BCUT2D eigenvalue weighted by molar-refractivity contribution is 5.15. The lowest BCUT2D eigenvalue weighted by Crippen LogP contribution is -2.51. The summed E-state index contributed by atoms with van der Waals surface area (Å²) in [5, 5.41) is 10.4. The quantitative estimate of drug-likeness (QED) is 0.841. The molecule has 0 aliphatic carbocycles. The Morgan fingerprint density at radius 1 is 1.33 bits per heavy atom. The van der Waals surface area contributed by atoms with E-state index in [1.807, 2.05) is 26.4 Å². The molecule has 102 valence electrons. The minimum Gasteiger partial charge on any atom is -0.391 e. The summed E-state index contributed by atoms with van der Waals surface area (Å²) in [5.74, 6) is 0. The van der Waals surface area contributed by atoms with E-state index in [9.17, 15) is 5.11 Å². The topological polar surface area (TPSA) is 36.4 Å². The van der Waals surface area contributed by atoms with Gasteiger partial charge in [0.15, 0.2) is 0 Å². The summed E-state index contributed by atoms with van der Waals surface area (Å²) in [4.78, 5) is 6.51. The Labute approximate surface area is 111 Å². The number of hydrogen-bond donors (Lipinski definition) is 1. The Morgan fingerprint density at radius 3 is 2.39 bits per heavy atom. The fourth-order valence-electron chi connectivity index (χ4n) is 2.05. The predicted octanol–water partition coefficient (Wildman–Crippen LogP) is 2.28. The van der Waals surface area contributed by atoms with E-state index >= 15 is 0 Å². The SMILES string of the molecule is CCc1ccc(CC(O)C(C)(CC)N(C)C)nc1. The number of nitrogens with zero attached hydrogens (tertiary/aromatic N) is 2. The van der Waals surface area contributed by atoms with Gasteiger partial charge in [0.25, 0.3) is 0 Å². The fraction of sp³-hybridized carbons (Fsp3) is 0.667. The number of aromatic nitrogens is 1. The molecule has 0 amide bonds. The summed E-state index contributed by atoms with van der Waals surface area (Å²) in [7, 11) is 4.03. The third-order valence-corrected chi connectivity index (χ3v) is 4.15. The van der Waals surface area contributed by atoms with Crippen LogP contribution in [0.2, 0.25) is 0 Å². The maximum absolute atomic E-state index is 10.4.